The van der Waals surface area contributed by atoms with Crippen LogP contribution in [0, 0.1) is 0 Å². The van der Waals surface area contributed by atoms with Gasteiger partial charge in [0.15, 0.2) is 0 Å². The lowest BCUT2D eigenvalue weighted by atomic mass is 10.0. The third-order valence-corrected chi connectivity index (χ3v) is 2.30. The van der Waals surface area contributed by atoms with Crippen LogP contribution >= 0.6 is 0 Å². The van der Waals surface area contributed by atoms with Gasteiger partial charge in [0.25, 0.3) is 0 Å². The quantitative estimate of drug-likeness (QED) is 0.650. The monoisotopic (exact) mass is 246 g/mol. The standard InChI is InChI=1S/C6H4F6N4/c7-4(8)1-2-16-3(13-14-15-16)5(9,10)6(4,11)12/h1-2H2. The minimum Gasteiger partial charge on any atom is -0.224 e. The van der Waals surface area contributed by atoms with Crippen molar-refractivity contribution < 1.29 is 26.3 Å². The Kier molecular flexibility index (Phi) is 1.99. The van der Waals surface area contributed by atoms with Crippen LogP contribution in [-0.2, 0) is 12.5 Å². The van der Waals surface area contributed by atoms with Gasteiger partial charge in [-0.15, -0.1) is 5.10 Å². The number of tetrazole rings is 1. The van der Waals surface area contributed by atoms with E-state index >= 15 is 0 Å². The molecule has 0 bridgehead atoms. The zero-order valence-corrected chi connectivity index (χ0v) is 7.47. The summed E-state index contributed by atoms with van der Waals surface area (Å²) < 4.78 is 78.3. The van der Waals surface area contributed by atoms with Crippen LogP contribution in [0.25, 0.3) is 0 Å². The third kappa shape index (κ3) is 1.15. The Morgan fingerprint density at radius 3 is 2.31 bits per heavy atom. The van der Waals surface area contributed by atoms with Crippen LogP contribution < -0.4 is 0 Å². The molecule has 4 nitrogen and oxygen atoms in total. The minimum atomic E-state index is -5.51. The fourth-order valence-electron chi connectivity index (χ4n) is 1.35. The molecule has 2 heterocycles. The van der Waals surface area contributed by atoms with Gasteiger partial charge in [0.05, 0.1) is 6.54 Å². The van der Waals surface area contributed by atoms with Crippen LogP contribution in [0.2, 0.25) is 0 Å². The van der Waals surface area contributed by atoms with E-state index < -0.39 is 36.6 Å². The molecule has 0 atom stereocenters. The molecule has 90 valence electrons. The first-order valence-corrected chi connectivity index (χ1v) is 4.10. The van der Waals surface area contributed by atoms with Gasteiger partial charge in [-0.3, -0.25) is 0 Å². The lowest BCUT2D eigenvalue weighted by Crippen LogP contribution is -2.51. The van der Waals surface area contributed by atoms with E-state index in [4.69, 9.17) is 0 Å². The average molecular weight is 246 g/mol. The van der Waals surface area contributed by atoms with Gasteiger partial charge in [0, 0.05) is 6.42 Å². The molecule has 0 unspecified atom stereocenters. The highest BCUT2D eigenvalue weighted by Gasteiger charge is 2.74. The highest BCUT2D eigenvalue weighted by Crippen LogP contribution is 2.53. The highest BCUT2D eigenvalue weighted by atomic mass is 19.3. The third-order valence-electron chi connectivity index (χ3n) is 2.30. The maximum absolute atomic E-state index is 13.2. The Balaban J connectivity index is 2.61. The van der Waals surface area contributed by atoms with E-state index in [1.807, 2.05) is 0 Å². The molecule has 0 aromatic carbocycles. The average Bonchev–Trinajstić information content (AvgIpc) is 2.60. The Labute approximate surface area is 84.2 Å². The lowest BCUT2D eigenvalue weighted by Gasteiger charge is -2.28. The first-order valence-electron chi connectivity index (χ1n) is 4.10. The molecule has 0 saturated heterocycles. The van der Waals surface area contributed by atoms with Gasteiger partial charge in [-0.05, 0) is 10.4 Å². The van der Waals surface area contributed by atoms with Gasteiger partial charge in [-0.1, -0.05) is 0 Å². The smallest absolute Gasteiger partial charge is 0.224 e. The number of aromatic nitrogens is 4. The summed E-state index contributed by atoms with van der Waals surface area (Å²) in [7, 11) is 0. The molecule has 1 aromatic heterocycles. The molecule has 10 heteroatoms. The topological polar surface area (TPSA) is 43.6 Å². The number of hydrogen-bond donors (Lipinski definition) is 0. The fourth-order valence-corrected chi connectivity index (χ4v) is 1.35. The van der Waals surface area contributed by atoms with E-state index in [2.05, 4.69) is 15.5 Å². The molecule has 0 N–H and O–H groups in total. The summed E-state index contributed by atoms with van der Waals surface area (Å²) in [6, 6.07) is 0. The van der Waals surface area contributed by atoms with Crippen molar-refractivity contribution in [2.45, 2.75) is 30.7 Å². The van der Waals surface area contributed by atoms with E-state index in [1.54, 1.807) is 0 Å². The summed E-state index contributed by atoms with van der Waals surface area (Å²) in [5.41, 5.74) is 0. The lowest BCUT2D eigenvalue weighted by molar-refractivity contribution is -0.315. The van der Waals surface area contributed by atoms with E-state index in [0.29, 0.717) is 0 Å². The molecule has 0 aliphatic carbocycles. The van der Waals surface area contributed by atoms with Crippen molar-refractivity contribution >= 4 is 0 Å². The van der Waals surface area contributed by atoms with Gasteiger partial charge in [-0.25, -0.2) is 4.68 Å². The Morgan fingerprint density at radius 1 is 1.06 bits per heavy atom. The molecule has 16 heavy (non-hydrogen) atoms. The number of rotatable bonds is 0. The number of aryl methyl sites for hydroxylation is 1. The van der Waals surface area contributed by atoms with Gasteiger partial charge in [-0.2, -0.15) is 26.3 Å². The van der Waals surface area contributed by atoms with Crippen molar-refractivity contribution in [2.24, 2.45) is 0 Å². The number of alkyl halides is 6. The summed E-state index contributed by atoms with van der Waals surface area (Å²) in [6.07, 6.45) is -1.45. The maximum Gasteiger partial charge on any atom is 0.379 e. The molecule has 0 radical (unpaired) electrons. The van der Waals surface area contributed by atoms with E-state index in [0.717, 1.165) is 0 Å². The first kappa shape index (κ1) is 11.1. The normalized spacial score (nSPS) is 25.9. The number of nitrogens with zero attached hydrogens (tertiary/aromatic N) is 4. The van der Waals surface area contributed by atoms with Crippen molar-refractivity contribution in [3.05, 3.63) is 5.82 Å². The van der Waals surface area contributed by atoms with Crippen LogP contribution in [0.3, 0.4) is 0 Å². The predicted octanol–water partition coefficient (Wildman–Crippen LogP) is 1.44. The van der Waals surface area contributed by atoms with Crippen molar-refractivity contribution in [1.29, 1.82) is 0 Å². The summed E-state index contributed by atoms with van der Waals surface area (Å²) in [6.45, 7) is -0.791. The molecular weight excluding hydrogens is 242 g/mol. The number of fused-ring (bicyclic) bond motifs is 1. The molecule has 1 aliphatic rings. The highest BCUT2D eigenvalue weighted by molar-refractivity contribution is 5.09. The molecule has 0 saturated carbocycles. The zero-order chi connectivity index (χ0) is 12.2. The second kappa shape index (κ2) is 2.86. The van der Waals surface area contributed by atoms with Crippen molar-refractivity contribution in [2.75, 3.05) is 0 Å². The second-order valence-electron chi connectivity index (χ2n) is 3.33. The molecule has 2 rings (SSSR count). The number of hydrogen-bond acceptors (Lipinski definition) is 3. The summed E-state index contributed by atoms with van der Waals surface area (Å²) in [5.74, 6) is -17.0. The molecule has 0 fully saturated rings. The SMILES string of the molecule is FC1(F)CCn2nnnc2C(F)(F)C1(F)F. The van der Waals surface area contributed by atoms with E-state index in [-0.39, 0.29) is 4.68 Å². The molecule has 1 aromatic rings. The van der Waals surface area contributed by atoms with Gasteiger partial charge in [0.2, 0.25) is 5.82 Å². The van der Waals surface area contributed by atoms with Crippen molar-refractivity contribution in [3.63, 3.8) is 0 Å². The molecular formula is C6H4F6N4. The molecule has 0 spiro atoms. The van der Waals surface area contributed by atoms with Crippen LogP contribution in [0.1, 0.15) is 12.2 Å². The van der Waals surface area contributed by atoms with E-state index in [1.165, 1.54) is 0 Å². The zero-order valence-electron chi connectivity index (χ0n) is 7.47. The fraction of sp³-hybridized carbons (Fsp3) is 0.833. The Bertz CT molecular complexity index is 413. The molecule has 0 amide bonds. The predicted molar refractivity (Wildman–Crippen MR) is 36.2 cm³/mol. The van der Waals surface area contributed by atoms with Gasteiger partial charge < -0.3 is 0 Å². The van der Waals surface area contributed by atoms with Gasteiger partial charge in [0.1, 0.15) is 0 Å². The Hall–Kier alpha value is -1.35. The van der Waals surface area contributed by atoms with Crippen LogP contribution in [0.15, 0.2) is 0 Å². The van der Waals surface area contributed by atoms with E-state index in [9.17, 15) is 26.3 Å². The largest absolute Gasteiger partial charge is 0.379 e. The molecule has 1 aliphatic heterocycles. The first-order chi connectivity index (χ1) is 7.20. The maximum atomic E-state index is 13.2. The van der Waals surface area contributed by atoms with Crippen LogP contribution in [-0.4, -0.2) is 32.1 Å². The van der Waals surface area contributed by atoms with Gasteiger partial charge >= 0.3 is 17.8 Å². The number of halogens is 6. The minimum absolute atomic E-state index is 0.259. The van der Waals surface area contributed by atoms with Crippen molar-refractivity contribution in [3.8, 4) is 0 Å². The summed E-state index contributed by atoms with van der Waals surface area (Å²) in [5, 5.41) is 8.38. The van der Waals surface area contributed by atoms with Crippen molar-refractivity contribution in [1.82, 2.24) is 20.2 Å². The summed E-state index contributed by atoms with van der Waals surface area (Å²) >= 11 is 0. The van der Waals surface area contributed by atoms with Crippen LogP contribution in [0.5, 0.6) is 0 Å². The van der Waals surface area contributed by atoms with Crippen LogP contribution in [0.4, 0.5) is 26.3 Å². The summed E-state index contributed by atoms with van der Waals surface area (Å²) in [4.78, 5) is 0. The Morgan fingerprint density at radius 2 is 1.69 bits per heavy atom. The second-order valence-corrected chi connectivity index (χ2v) is 3.33.